The van der Waals surface area contributed by atoms with Crippen LogP contribution in [0.4, 0.5) is 0 Å². The summed E-state index contributed by atoms with van der Waals surface area (Å²) in [5.41, 5.74) is 1.80. The van der Waals surface area contributed by atoms with Crippen LogP contribution in [0, 0.1) is 16.0 Å². The van der Waals surface area contributed by atoms with Gasteiger partial charge in [0.1, 0.15) is 5.69 Å². The molecule has 2 atom stereocenters. The number of pyridine rings is 1. The Balaban J connectivity index is 1.87. The van der Waals surface area contributed by atoms with Crippen LogP contribution in [-0.2, 0) is 0 Å². The molecule has 0 fully saturated rings. The van der Waals surface area contributed by atoms with Crippen molar-refractivity contribution in [3.8, 4) is 11.1 Å². The Bertz CT molecular complexity index is 923. The molecule has 6 nitrogen and oxygen atoms in total. The summed E-state index contributed by atoms with van der Waals surface area (Å²) in [7, 11) is 0. The van der Waals surface area contributed by atoms with Crippen molar-refractivity contribution in [2.45, 2.75) is 5.25 Å². The number of hydrogen-bond acceptors (Lipinski definition) is 6. The Morgan fingerprint density at radius 1 is 1.08 bits per heavy atom. The molecule has 1 aliphatic carbocycles. The first-order valence-corrected chi connectivity index (χ1v) is 8.11. The predicted molar refractivity (Wildman–Crippen MR) is 88.3 cm³/mol. The highest BCUT2D eigenvalue weighted by molar-refractivity contribution is 8.04. The van der Waals surface area contributed by atoms with Gasteiger partial charge >= 0.3 is 5.03 Å². The van der Waals surface area contributed by atoms with Gasteiger partial charge in [-0.25, -0.2) is 0 Å². The topological polar surface area (TPSA) is 90.2 Å². The molecule has 1 aliphatic heterocycles. The highest BCUT2D eigenvalue weighted by atomic mass is 32.2. The molecule has 1 aromatic heterocycles. The maximum Gasteiger partial charge on any atom is 0.300 e. The highest BCUT2D eigenvalue weighted by Gasteiger charge is 2.49. The van der Waals surface area contributed by atoms with Gasteiger partial charge in [0.25, 0.3) is 0 Å². The number of nitro groups is 1. The van der Waals surface area contributed by atoms with Gasteiger partial charge < -0.3 is 0 Å². The third-order valence-electron chi connectivity index (χ3n) is 4.15. The fourth-order valence-electron chi connectivity index (χ4n) is 3.07. The summed E-state index contributed by atoms with van der Waals surface area (Å²) in [5.74, 6) is -1.43. The van der Waals surface area contributed by atoms with Gasteiger partial charge in [-0.2, -0.15) is 0 Å². The van der Waals surface area contributed by atoms with E-state index in [1.165, 1.54) is 12.3 Å². The third kappa shape index (κ3) is 2.09. The van der Waals surface area contributed by atoms with Crippen LogP contribution < -0.4 is 0 Å². The first kappa shape index (κ1) is 14.8. The SMILES string of the molecule is O=C1c2nccc(-c3ccccc3)c2C(=O)C2SC([N+](=O)[O-])=CC12. The average Bonchev–Trinajstić information content (AvgIpc) is 3.06. The van der Waals surface area contributed by atoms with Crippen molar-refractivity contribution < 1.29 is 14.5 Å². The van der Waals surface area contributed by atoms with Crippen molar-refractivity contribution >= 4 is 23.3 Å². The van der Waals surface area contributed by atoms with Gasteiger partial charge in [-0.15, -0.1) is 0 Å². The monoisotopic (exact) mass is 338 g/mol. The number of rotatable bonds is 2. The largest absolute Gasteiger partial charge is 0.300 e. The molecule has 118 valence electrons. The molecular formula is C17H10N2O4S. The molecule has 24 heavy (non-hydrogen) atoms. The van der Waals surface area contributed by atoms with E-state index in [4.69, 9.17) is 0 Å². The van der Waals surface area contributed by atoms with Crippen LogP contribution in [0.3, 0.4) is 0 Å². The minimum atomic E-state index is -0.811. The van der Waals surface area contributed by atoms with Crippen LogP contribution in [0.1, 0.15) is 20.8 Å². The van der Waals surface area contributed by atoms with Crippen molar-refractivity contribution in [1.29, 1.82) is 0 Å². The average molecular weight is 338 g/mol. The number of fused-ring (bicyclic) bond motifs is 2. The summed E-state index contributed by atoms with van der Waals surface area (Å²) in [5, 5.41) is 10.1. The highest BCUT2D eigenvalue weighted by Crippen LogP contribution is 2.45. The zero-order valence-electron chi connectivity index (χ0n) is 12.2. The lowest BCUT2D eigenvalue weighted by Gasteiger charge is -2.24. The van der Waals surface area contributed by atoms with E-state index in [0.717, 1.165) is 17.3 Å². The van der Waals surface area contributed by atoms with Gasteiger partial charge in [-0.05, 0) is 29.0 Å². The van der Waals surface area contributed by atoms with E-state index in [9.17, 15) is 19.7 Å². The molecule has 2 heterocycles. The third-order valence-corrected chi connectivity index (χ3v) is 5.44. The van der Waals surface area contributed by atoms with Gasteiger partial charge in [0.15, 0.2) is 11.6 Å². The molecule has 2 aromatic rings. The first-order valence-electron chi connectivity index (χ1n) is 7.23. The lowest BCUT2D eigenvalue weighted by atomic mass is 9.81. The van der Waals surface area contributed by atoms with Crippen molar-refractivity contribution in [1.82, 2.24) is 4.98 Å². The number of aromatic nitrogens is 1. The summed E-state index contributed by atoms with van der Waals surface area (Å²) < 4.78 is 0. The molecule has 7 heteroatoms. The second kappa shape index (κ2) is 5.38. The van der Waals surface area contributed by atoms with E-state index in [1.807, 2.05) is 30.3 Å². The number of ketones is 2. The molecule has 1 aromatic carbocycles. The van der Waals surface area contributed by atoms with Crippen LogP contribution >= 0.6 is 11.8 Å². The maximum absolute atomic E-state index is 12.9. The van der Waals surface area contributed by atoms with Crippen LogP contribution in [0.15, 0.2) is 53.7 Å². The van der Waals surface area contributed by atoms with Crippen molar-refractivity contribution in [3.63, 3.8) is 0 Å². The molecule has 0 amide bonds. The van der Waals surface area contributed by atoms with Crippen LogP contribution in [0.5, 0.6) is 0 Å². The predicted octanol–water partition coefficient (Wildman–Crippen LogP) is 2.98. The fourth-order valence-corrected chi connectivity index (χ4v) is 4.22. The Hall–Kier alpha value is -2.80. The van der Waals surface area contributed by atoms with E-state index in [2.05, 4.69) is 4.98 Å². The Labute approximate surface area is 140 Å². The van der Waals surface area contributed by atoms with Crippen molar-refractivity contribution in [3.05, 3.63) is 75.1 Å². The lowest BCUT2D eigenvalue weighted by Crippen LogP contribution is -2.37. The second-order valence-electron chi connectivity index (χ2n) is 5.50. The minimum Gasteiger partial charge on any atom is -0.293 e. The molecule has 2 aliphatic rings. The Morgan fingerprint density at radius 3 is 2.54 bits per heavy atom. The van der Waals surface area contributed by atoms with Gasteiger partial charge in [0, 0.05) is 12.3 Å². The summed E-state index contributed by atoms with van der Waals surface area (Å²) >= 11 is 0.846. The molecule has 0 radical (unpaired) electrons. The number of allylic oxidation sites excluding steroid dienone is 1. The quantitative estimate of drug-likeness (QED) is 0.617. The van der Waals surface area contributed by atoms with Crippen molar-refractivity contribution in [2.75, 3.05) is 0 Å². The minimum absolute atomic E-state index is 0.101. The number of benzene rings is 1. The van der Waals surface area contributed by atoms with E-state index in [-0.39, 0.29) is 27.9 Å². The normalized spacial score (nSPS) is 21.9. The zero-order chi connectivity index (χ0) is 16.8. The van der Waals surface area contributed by atoms with Crippen LogP contribution in [0.25, 0.3) is 11.1 Å². The molecule has 4 rings (SSSR count). The Morgan fingerprint density at radius 2 is 1.83 bits per heavy atom. The van der Waals surface area contributed by atoms with E-state index < -0.39 is 16.1 Å². The second-order valence-corrected chi connectivity index (χ2v) is 6.66. The molecule has 0 spiro atoms. The van der Waals surface area contributed by atoms with Crippen molar-refractivity contribution in [2.24, 2.45) is 5.92 Å². The standard InChI is InChI=1S/C17H10N2O4S/c20-15-11-8-12(19(22)23)24-17(11)16(21)13-10(6-7-18-14(13)15)9-4-2-1-3-5-9/h1-8,11,17H. The molecule has 0 saturated heterocycles. The molecule has 0 saturated carbocycles. The molecule has 0 bridgehead atoms. The number of hydrogen-bond donors (Lipinski definition) is 0. The molecular weight excluding hydrogens is 328 g/mol. The molecule has 2 unspecified atom stereocenters. The van der Waals surface area contributed by atoms with E-state index in [0.29, 0.717) is 5.56 Å². The number of nitrogens with zero attached hydrogens (tertiary/aromatic N) is 2. The summed E-state index contributed by atoms with van der Waals surface area (Å²) in [4.78, 5) is 40.2. The van der Waals surface area contributed by atoms with Crippen LogP contribution in [-0.4, -0.2) is 26.7 Å². The summed E-state index contributed by atoms with van der Waals surface area (Å²) in [6.45, 7) is 0. The van der Waals surface area contributed by atoms with Gasteiger partial charge in [0.2, 0.25) is 0 Å². The summed E-state index contributed by atoms with van der Waals surface area (Å²) in [6, 6.07) is 10.9. The van der Waals surface area contributed by atoms with E-state index in [1.54, 1.807) is 6.07 Å². The number of carbonyl (C=O) groups excluding carboxylic acids is 2. The summed E-state index contributed by atoms with van der Waals surface area (Å²) in [6.07, 6.45) is 2.77. The fraction of sp³-hybridized carbons (Fsp3) is 0.118. The maximum atomic E-state index is 12.9. The number of Topliss-reactive ketones (excluding diaryl/α,β-unsaturated/α-hetero) is 2. The lowest BCUT2D eigenvalue weighted by molar-refractivity contribution is -0.410. The van der Waals surface area contributed by atoms with Gasteiger partial charge in [-0.3, -0.25) is 24.7 Å². The van der Waals surface area contributed by atoms with Gasteiger partial charge in [0.05, 0.1) is 21.7 Å². The zero-order valence-corrected chi connectivity index (χ0v) is 13.0. The smallest absolute Gasteiger partial charge is 0.293 e. The number of carbonyl (C=O) groups is 2. The first-order chi connectivity index (χ1) is 11.6. The Kier molecular flexibility index (Phi) is 3.31. The van der Waals surface area contributed by atoms with Gasteiger partial charge in [-0.1, -0.05) is 30.3 Å². The van der Waals surface area contributed by atoms with E-state index >= 15 is 0 Å². The number of thioether (sulfide) groups is 1. The molecule has 0 N–H and O–H groups in total. The van der Waals surface area contributed by atoms with Crippen LogP contribution in [0.2, 0.25) is 0 Å².